The summed E-state index contributed by atoms with van der Waals surface area (Å²) in [6.45, 7) is 5.31. The molecule has 3 heterocycles. The lowest BCUT2D eigenvalue weighted by Crippen LogP contribution is -2.28. The zero-order chi connectivity index (χ0) is 18.1. The molecule has 0 unspecified atom stereocenters. The minimum absolute atomic E-state index is 0.926. The molecule has 1 aliphatic heterocycles. The number of rotatable bonds is 3. The summed E-state index contributed by atoms with van der Waals surface area (Å²) in [5, 5.41) is 6.03. The van der Waals surface area contributed by atoms with Crippen molar-refractivity contribution in [1.29, 1.82) is 0 Å². The molecule has 27 heavy (non-hydrogen) atoms. The van der Waals surface area contributed by atoms with E-state index < -0.39 is 0 Å². The smallest absolute Gasteiger partial charge is 0.137 e. The maximum absolute atomic E-state index is 5.00. The molecule has 4 nitrogen and oxygen atoms in total. The third-order valence-corrected chi connectivity index (χ3v) is 5.46. The maximum atomic E-state index is 5.00. The molecule has 1 aliphatic rings. The molecule has 0 aliphatic carbocycles. The monoisotopic (exact) mass is 356 g/mol. The van der Waals surface area contributed by atoms with Gasteiger partial charge in [0.25, 0.3) is 0 Å². The van der Waals surface area contributed by atoms with E-state index >= 15 is 0 Å². The van der Waals surface area contributed by atoms with Crippen molar-refractivity contribution >= 4 is 16.4 Å². The summed E-state index contributed by atoms with van der Waals surface area (Å²) in [6, 6.07) is 21.4. The van der Waals surface area contributed by atoms with Crippen molar-refractivity contribution in [3.63, 3.8) is 0 Å². The highest BCUT2D eigenvalue weighted by Gasteiger charge is 2.18. The SMILES string of the molecule is c1ccc2cc(-c3nc4ccccn4c3CN3CCCNCC3)ccc2c1. The van der Waals surface area contributed by atoms with E-state index in [2.05, 4.69) is 81.5 Å². The highest BCUT2D eigenvalue weighted by atomic mass is 15.2. The standard InChI is InChI=1S/C23H24N4/c1-2-7-19-16-20(10-9-18(19)6-1)23-21(17-26-13-5-11-24-12-15-26)27-14-4-3-8-22(27)25-23/h1-4,6-10,14,16,24H,5,11-13,15,17H2. The first-order valence-corrected chi connectivity index (χ1v) is 9.77. The second-order valence-corrected chi connectivity index (χ2v) is 7.28. The zero-order valence-corrected chi connectivity index (χ0v) is 15.4. The van der Waals surface area contributed by atoms with Crippen molar-refractivity contribution in [2.24, 2.45) is 0 Å². The molecule has 1 saturated heterocycles. The Hall–Kier alpha value is -2.69. The summed E-state index contributed by atoms with van der Waals surface area (Å²) in [5.41, 5.74) is 4.59. The van der Waals surface area contributed by atoms with Gasteiger partial charge in [0.15, 0.2) is 0 Å². The lowest BCUT2D eigenvalue weighted by Gasteiger charge is -2.20. The van der Waals surface area contributed by atoms with Crippen LogP contribution in [0.2, 0.25) is 0 Å². The van der Waals surface area contributed by atoms with Gasteiger partial charge < -0.3 is 9.72 Å². The van der Waals surface area contributed by atoms with E-state index in [1.54, 1.807) is 0 Å². The van der Waals surface area contributed by atoms with Crippen molar-refractivity contribution in [3.8, 4) is 11.3 Å². The third kappa shape index (κ3) is 3.22. The first-order valence-electron chi connectivity index (χ1n) is 9.77. The van der Waals surface area contributed by atoms with Gasteiger partial charge >= 0.3 is 0 Å². The van der Waals surface area contributed by atoms with E-state index in [9.17, 15) is 0 Å². The molecule has 0 saturated carbocycles. The molecular weight excluding hydrogens is 332 g/mol. The molecule has 0 radical (unpaired) electrons. The Labute approximate surface area is 159 Å². The number of pyridine rings is 1. The fourth-order valence-corrected chi connectivity index (χ4v) is 4.04. The van der Waals surface area contributed by atoms with Gasteiger partial charge in [0.1, 0.15) is 5.65 Å². The van der Waals surface area contributed by atoms with Crippen molar-refractivity contribution in [2.75, 3.05) is 26.2 Å². The molecule has 4 aromatic rings. The number of hydrogen-bond donors (Lipinski definition) is 1. The van der Waals surface area contributed by atoms with E-state index in [1.165, 1.54) is 28.5 Å². The molecule has 0 spiro atoms. The Kier molecular flexibility index (Phi) is 4.36. The van der Waals surface area contributed by atoms with Gasteiger partial charge in [-0.3, -0.25) is 4.90 Å². The third-order valence-electron chi connectivity index (χ3n) is 5.46. The molecule has 1 fully saturated rings. The lowest BCUT2D eigenvalue weighted by molar-refractivity contribution is 0.281. The summed E-state index contributed by atoms with van der Waals surface area (Å²) < 4.78 is 2.25. The molecule has 0 amide bonds. The quantitative estimate of drug-likeness (QED) is 0.603. The van der Waals surface area contributed by atoms with Crippen LogP contribution in [0.3, 0.4) is 0 Å². The fraction of sp³-hybridized carbons (Fsp3) is 0.261. The first kappa shape index (κ1) is 16.5. The number of imidazole rings is 1. The van der Waals surface area contributed by atoms with Crippen LogP contribution in [0.25, 0.3) is 27.7 Å². The highest BCUT2D eigenvalue weighted by Crippen LogP contribution is 2.28. The Morgan fingerprint density at radius 3 is 2.74 bits per heavy atom. The minimum Gasteiger partial charge on any atom is -0.315 e. The number of aromatic nitrogens is 2. The molecule has 4 heteroatoms. The summed E-state index contributed by atoms with van der Waals surface area (Å²) in [6.07, 6.45) is 3.33. The molecule has 0 bridgehead atoms. The average Bonchev–Trinajstić information content (AvgIpc) is 2.88. The normalized spacial score (nSPS) is 16.0. The van der Waals surface area contributed by atoms with Crippen LogP contribution >= 0.6 is 0 Å². The van der Waals surface area contributed by atoms with E-state index in [1.807, 2.05) is 0 Å². The van der Waals surface area contributed by atoms with Crippen LogP contribution in [0.4, 0.5) is 0 Å². The average molecular weight is 356 g/mol. The van der Waals surface area contributed by atoms with E-state index in [0.717, 1.165) is 44.1 Å². The van der Waals surface area contributed by atoms with E-state index in [4.69, 9.17) is 4.98 Å². The van der Waals surface area contributed by atoms with Crippen LogP contribution in [-0.2, 0) is 6.54 Å². The maximum Gasteiger partial charge on any atom is 0.137 e. The summed E-state index contributed by atoms with van der Waals surface area (Å²) in [7, 11) is 0. The van der Waals surface area contributed by atoms with Gasteiger partial charge in [-0.05, 0) is 48.5 Å². The van der Waals surface area contributed by atoms with E-state index in [-0.39, 0.29) is 0 Å². The second-order valence-electron chi connectivity index (χ2n) is 7.28. The highest BCUT2D eigenvalue weighted by molar-refractivity contribution is 5.87. The minimum atomic E-state index is 0.926. The lowest BCUT2D eigenvalue weighted by atomic mass is 10.0. The van der Waals surface area contributed by atoms with Crippen LogP contribution in [0.15, 0.2) is 66.9 Å². The predicted octanol–water partition coefficient (Wildman–Crippen LogP) is 3.95. The largest absolute Gasteiger partial charge is 0.315 e. The topological polar surface area (TPSA) is 32.6 Å². The second kappa shape index (κ2) is 7.14. The molecule has 136 valence electrons. The van der Waals surface area contributed by atoms with Crippen molar-refractivity contribution in [2.45, 2.75) is 13.0 Å². The molecule has 0 atom stereocenters. The van der Waals surface area contributed by atoms with Crippen molar-refractivity contribution in [1.82, 2.24) is 19.6 Å². The van der Waals surface area contributed by atoms with Crippen molar-refractivity contribution < 1.29 is 0 Å². The van der Waals surface area contributed by atoms with Gasteiger partial charge in [0.2, 0.25) is 0 Å². The van der Waals surface area contributed by atoms with Crippen molar-refractivity contribution in [3.05, 3.63) is 72.6 Å². The predicted molar refractivity (Wildman–Crippen MR) is 111 cm³/mol. The van der Waals surface area contributed by atoms with Crippen LogP contribution in [0, 0.1) is 0 Å². The van der Waals surface area contributed by atoms with E-state index in [0.29, 0.717) is 0 Å². The van der Waals surface area contributed by atoms with Gasteiger partial charge in [-0.1, -0.05) is 42.5 Å². The molecule has 2 aromatic carbocycles. The van der Waals surface area contributed by atoms with Gasteiger partial charge in [-0.2, -0.15) is 0 Å². The Bertz CT molecular complexity index is 1070. The number of nitrogens with zero attached hydrogens (tertiary/aromatic N) is 3. The number of benzene rings is 2. The Balaban J connectivity index is 1.61. The number of fused-ring (bicyclic) bond motifs is 2. The van der Waals surface area contributed by atoms with Crippen LogP contribution < -0.4 is 5.32 Å². The van der Waals surface area contributed by atoms with Gasteiger partial charge in [0, 0.05) is 31.4 Å². The summed E-state index contributed by atoms with van der Waals surface area (Å²) in [5.74, 6) is 0. The number of nitrogens with one attached hydrogen (secondary N) is 1. The molecule has 5 rings (SSSR count). The molecular formula is C23H24N4. The Morgan fingerprint density at radius 1 is 0.889 bits per heavy atom. The molecule has 2 aromatic heterocycles. The Morgan fingerprint density at radius 2 is 1.78 bits per heavy atom. The van der Waals surface area contributed by atoms with Crippen LogP contribution in [-0.4, -0.2) is 40.5 Å². The van der Waals surface area contributed by atoms with Crippen LogP contribution in [0.5, 0.6) is 0 Å². The van der Waals surface area contributed by atoms with Crippen LogP contribution in [0.1, 0.15) is 12.1 Å². The van der Waals surface area contributed by atoms with Gasteiger partial charge in [0.05, 0.1) is 11.4 Å². The van der Waals surface area contributed by atoms with Gasteiger partial charge in [-0.25, -0.2) is 4.98 Å². The van der Waals surface area contributed by atoms with Gasteiger partial charge in [-0.15, -0.1) is 0 Å². The summed E-state index contributed by atoms with van der Waals surface area (Å²) in [4.78, 5) is 7.54. The fourth-order valence-electron chi connectivity index (χ4n) is 4.04. The molecule has 1 N–H and O–H groups in total. The zero-order valence-electron chi connectivity index (χ0n) is 15.4. The summed E-state index contributed by atoms with van der Waals surface area (Å²) >= 11 is 0. The first-order chi connectivity index (χ1) is 13.4. The number of hydrogen-bond acceptors (Lipinski definition) is 3.